The molecule has 3 heterocycles. The molecule has 0 saturated carbocycles. The predicted octanol–water partition coefficient (Wildman–Crippen LogP) is 7.51. The molecule has 0 unspecified atom stereocenters. The van der Waals surface area contributed by atoms with E-state index >= 15 is 0 Å². The molecule has 0 radical (unpaired) electrons. The second kappa shape index (κ2) is 14.0. The zero-order valence-electron chi connectivity index (χ0n) is 27.1. The van der Waals surface area contributed by atoms with Crippen molar-refractivity contribution in [1.82, 2.24) is 19.6 Å². The predicted molar refractivity (Wildman–Crippen MR) is 172 cm³/mol. The second-order valence-corrected chi connectivity index (χ2v) is 14.9. The van der Waals surface area contributed by atoms with Gasteiger partial charge in [-0.05, 0) is 61.6 Å². The first kappa shape index (κ1) is 36.7. The molecule has 0 N–H and O–H groups in total. The van der Waals surface area contributed by atoms with Gasteiger partial charge < -0.3 is 9.80 Å². The SMILES string of the molecule is CC(C)(C)C(=O)N1CC[C@H](N2CCN([C@H]3CCN(C(=O)c4cc(C(F)(F)F)cc(C(F)(F)F)c4)[C@H](Cc4ccc(Cl)c(Cl)c4)C3)CC2)C1. The number of hydrogen-bond acceptors (Lipinski definition) is 4. The lowest BCUT2D eigenvalue weighted by Gasteiger charge is -2.47. The molecular weight excluding hydrogens is 681 g/mol. The summed E-state index contributed by atoms with van der Waals surface area (Å²) in [5, 5.41) is 0.641. The highest BCUT2D eigenvalue weighted by Gasteiger charge is 2.41. The van der Waals surface area contributed by atoms with Gasteiger partial charge in [-0.15, -0.1) is 0 Å². The highest BCUT2D eigenvalue weighted by molar-refractivity contribution is 6.42. The van der Waals surface area contributed by atoms with Crippen molar-refractivity contribution >= 4 is 35.0 Å². The zero-order chi connectivity index (χ0) is 35.2. The van der Waals surface area contributed by atoms with Crippen LogP contribution in [-0.2, 0) is 23.6 Å². The molecule has 264 valence electrons. The Labute approximate surface area is 286 Å². The molecule has 2 amide bonds. The van der Waals surface area contributed by atoms with E-state index in [2.05, 4.69) is 9.80 Å². The smallest absolute Gasteiger partial charge is 0.341 e. The minimum Gasteiger partial charge on any atom is -0.341 e. The molecule has 0 aromatic heterocycles. The van der Waals surface area contributed by atoms with Gasteiger partial charge in [0, 0.05) is 74.9 Å². The number of halogens is 8. The molecule has 3 saturated heterocycles. The van der Waals surface area contributed by atoms with E-state index < -0.39 is 46.4 Å². The Bertz CT molecular complexity index is 1470. The lowest BCUT2D eigenvalue weighted by molar-refractivity contribution is -0.143. The fraction of sp³-hybridized carbons (Fsp3) is 0.588. The molecule has 6 nitrogen and oxygen atoms in total. The summed E-state index contributed by atoms with van der Waals surface area (Å²) in [4.78, 5) is 34.7. The molecule has 3 aliphatic rings. The third kappa shape index (κ3) is 8.42. The standard InChI is InChI=1S/C34H40Cl2F6N4O2/c1-32(2,3)31(48)45-8-6-26(20-45)44-12-10-43(11-13-44)25-7-9-46(27(19-25)14-21-4-5-28(35)29(36)15-21)30(47)22-16-23(33(37,38)39)18-24(17-22)34(40,41)42/h4-5,15-18,25-27H,6-14,19-20H2,1-3H3/t25-,26-,27+/m0/s1. The van der Waals surface area contributed by atoms with Crippen LogP contribution in [0.25, 0.3) is 0 Å². The number of piperazine rings is 1. The number of rotatable bonds is 5. The summed E-state index contributed by atoms with van der Waals surface area (Å²) in [6.07, 6.45) is -7.92. The number of carbonyl (C=O) groups excluding carboxylic acids is 2. The fourth-order valence-electron chi connectivity index (χ4n) is 7.17. The van der Waals surface area contributed by atoms with Crippen LogP contribution >= 0.6 is 23.2 Å². The van der Waals surface area contributed by atoms with Gasteiger partial charge in [-0.1, -0.05) is 50.0 Å². The van der Waals surface area contributed by atoms with Crippen LogP contribution < -0.4 is 0 Å². The summed E-state index contributed by atoms with van der Waals surface area (Å²) < 4.78 is 81.7. The Kier molecular flexibility index (Phi) is 10.7. The molecule has 3 aliphatic heterocycles. The van der Waals surface area contributed by atoms with Crippen molar-refractivity contribution in [1.29, 1.82) is 0 Å². The van der Waals surface area contributed by atoms with Crippen LogP contribution in [0.4, 0.5) is 26.3 Å². The molecule has 0 spiro atoms. The van der Waals surface area contributed by atoms with Gasteiger partial charge in [0.05, 0.1) is 21.2 Å². The van der Waals surface area contributed by atoms with Crippen molar-refractivity contribution in [3.63, 3.8) is 0 Å². The number of amides is 2. The van der Waals surface area contributed by atoms with Crippen LogP contribution in [-0.4, -0.2) is 95.4 Å². The Morgan fingerprint density at radius 2 is 1.31 bits per heavy atom. The fourth-order valence-corrected chi connectivity index (χ4v) is 7.49. The van der Waals surface area contributed by atoms with Crippen LogP contribution in [0.15, 0.2) is 36.4 Å². The zero-order valence-corrected chi connectivity index (χ0v) is 28.6. The molecule has 3 atom stereocenters. The van der Waals surface area contributed by atoms with Crippen LogP contribution in [0.2, 0.25) is 10.0 Å². The van der Waals surface area contributed by atoms with E-state index in [0.29, 0.717) is 48.0 Å². The van der Waals surface area contributed by atoms with Gasteiger partial charge in [-0.2, -0.15) is 26.3 Å². The molecule has 48 heavy (non-hydrogen) atoms. The largest absolute Gasteiger partial charge is 0.416 e. The van der Waals surface area contributed by atoms with Crippen LogP contribution in [0.3, 0.4) is 0 Å². The van der Waals surface area contributed by atoms with Crippen molar-refractivity contribution in [2.45, 2.75) is 76.9 Å². The normalized spacial score (nSPS) is 23.5. The summed E-state index contributed by atoms with van der Waals surface area (Å²) in [6, 6.07) is 5.89. The lowest BCUT2D eigenvalue weighted by Crippen LogP contribution is -2.58. The number of likely N-dealkylation sites (tertiary alicyclic amines) is 2. The molecule has 2 aromatic rings. The van der Waals surface area contributed by atoms with Crippen molar-refractivity contribution < 1.29 is 35.9 Å². The summed E-state index contributed by atoms with van der Waals surface area (Å²) in [5.41, 5.74) is -3.39. The Morgan fingerprint density at radius 3 is 1.85 bits per heavy atom. The van der Waals surface area contributed by atoms with Gasteiger partial charge in [0.2, 0.25) is 5.91 Å². The van der Waals surface area contributed by atoms with Gasteiger partial charge in [-0.3, -0.25) is 19.4 Å². The number of alkyl halides is 6. The molecule has 3 fully saturated rings. The van der Waals surface area contributed by atoms with Gasteiger partial charge in [0.1, 0.15) is 0 Å². The third-order valence-electron chi connectivity index (χ3n) is 9.71. The first-order valence-corrected chi connectivity index (χ1v) is 16.9. The Balaban J connectivity index is 1.32. The van der Waals surface area contributed by atoms with E-state index in [1.54, 1.807) is 18.2 Å². The number of piperidine rings is 1. The highest BCUT2D eigenvalue weighted by atomic mass is 35.5. The average Bonchev–Trinajstić information content (AvgIpc) is 3.51. The summed E-state index contributed by atoms with van der Waals surface area (Å²) in [5.74, 6) is -0.728. The monoisotopic (exact) mass is 720 g/mol. The summed E-state index contributed by atoms with van der Waals surface area (Å²) >= 11 is 12.4. The lowest BCUT2D eigenvalue weighted by atomic mass is 9.90. The van der Waals surface area contributed by atoms with E-state index in [1.165, 1.54) is 4.90 Å². The molecule has 0 bridgehead atoms. The second-order valence-electron chi connectivity index (χ2n) is 14.1. The number of nitrogens with zero attached hydrogens (tertiary/aromatic N) is 4. The van der Waals surface area contributed by atoms with Gasteiger partial charge in [0.15, 0.2) is 0 Å². The molecule has 5 rings (SSSR count). The number of carbonyl (C=O) groups is 2. The van der Waals surface area contributed by atoms with E-state index in [4.69, 9.17) is 23.2 Å². The van der Waals surface area contributed by atoms with Crippen molar-refractivity contribution in [3.8, 4) is 0 Å². The molecular formula is C34H40Cl2F6N4O2. The minimum absolute atomic E-state index is 0.0292. The summed E-state index contributed by atoms with van der Waals surface area (Å²) in [7, 11) is 0. The third-order valence-corrected chi connectivity index (χ3v) is 10.5. The Morgan fingerprint density at radius 1 is 0.750 bits per heavy atom. The summed E-state index contributed by atoms with van der Waals surface area (Å²) in [6.45, 7) is 10.5. The van der Waals surface area contributed by atoms with Gasteiger partial charge in [0.25, 0.3) is 5.91 Å². The van der Waals surface area contributed by atoms with Crippen molar-refractivity contribution in [2.75, 3.05) is 45.8 Å². The average molecular weight is 722 g/mol. The maximum absolute atomic E-state index is 13.8. The maximum atomic E-state index is 13.8. The van der Waals surface area contributed by atoms with E-state index in [0.717, 1.165) is 44.7 Å². The molecule has 2 aromatic carbocycles. The number of benzene rings is 2. The van der Waals surface area contributed by atoms with E-state index in [9.17, 15) is 35.9 Å². The molecule has 0 aliphatic carbocycles. The van der Waals surface area contributed by atoms with E-state index in [1.807, 2.05) is 25.7 Å². The first-order chi connectivity index (χ1) is 22.3. The topological polar surface area (TPSA) is 47.1 Å². The first-order valence-electron chi connectivity index (χ1n) is 16.1. The molecule has 14 heteroatoms. The minimum atomic E-state index is -5.07. The van der Waals surface area contributed by atoms with Crippen LogP contribution in [0.1, 0.15) is 67.1 Å². The van der Waals surface area contributed by atoms with Crippen LogP contribution in [0.5, 0.6) is 0 Å². The maximum Gasteiger partial charge on any atom is 0.416 e. The Hall–Kier alpha value is -2.54. The van der Waals surface area contributed by atoms with Crippen molar-refractivity contribution in [2.24, 2.45) is 5.41 Å². The van der Waals surface area contributed by atoms with Gasteiger partial charge >= 0.3 is 12.4 Å². The van der Waals surface area contributed by atoms with E-state index in [-0.39, 0.29) is 30.6 Å². The van der Waals surface area contributed by atoms with Crippen LogP contribution in [0, 0.1) is 5.41 Å². The highest BCUT2D eigenvalue weighted by Crippen LogP contribution is 2.38. The quantitative estimate of drug-likeness (QED) is 0.300. The van der Waals surface area contributed by atoms with Gasteiger partial charge in [-0.25, -0.2) is 0 Å². The number of hydrogen-bond donors (Lipinski definition) is 0. The van der Waals surface area contributed by atoms with Crippen molar-refractivity contribution in [3.05, 3.63) is 68.7 Å².